The van der Waals surface area contributed by atoms with Gasteiger partial charge in [0.25, 0.3) is 11.8 Å². The highest BCUT2D eigenvalue weighted by atomic mass is 17.2. The second-order valence-corrected chi connectivity index (χ2v) is 18.1. The quantitative estimate of drug-likeness (QED) is 0.0185. The third-order valence-electron chi connectivity index (χ3n) is 12.4. The number of nitrogens with zero attached hydrogens (tertiary/aromatic N) is 4. The van der Waals surface area contributed by atoms with E-state index in [1.54, 1.807) is 0 Å². The summed E-state index contributed by atoms with van der Waals surface area (Å²) in [6, 6.07) is 0. The van der Waals surface area contributed by atoms with Gasteiger partial charge in [-0.3, -0.25) is 29.0 Å². The van der Waals surface area contributed by atoms with Gasteiger partial charge < -0.3 is 24.0 Å². The molecule has 71 heavy (non-hydrogen) atoms. The van der Waals surface area contributed by atoms with Crippen molar-refractivity contribution < 1.29 is 72.5 Å². The van der Waals surface area contributed by atoms with Crippen molar-refractivity contribution in [1.29, 1.82) is 0 Å². The zero-order valence-corrected chi connectivity index (χ0v) is 45.9. The fourth-order valence-corrected chi connectivity index (χ4v) is 8.12. The third-order valence-corrected chi connectivity index (χ3v) is 12.4. The lowest BCUT2D eigenvalue weighted by Crippen LogP contribution is -2.46. The van der Waals surface area contributed by atoms with Crippen LogP contribution in [0.15, 0.2) is 0 Å². The van der Waals surface area contributed by atoms with E-state index in [1.165, 1.54) is 179 Å². The lowest BCUT2D eigenvalue weighted by Gasteiger charge is -2.35. The van der Waals surface area contributed by atoms with Crippen LogP contribution in [0, 0.1) is 0 Å². The highest BCUT2D eigenvalue weighted by Crippen LogP contribution is 2.17. The minimum Gasteiger partial charge on any atom is -0.463 e. The maximum absolute atomic E-state index is 13.1. The first kappa shape index (κ1) is 68.4. The van der Waals surface area contributed by atoms with Gasteiger partial charge in [0.2, 0.25) is 0 Å². The van der Waals surface area contributed by atoms with E-state index >= 15 is 0 Å². The molecule has 2 amide bonds. The molecule has 0 N–H and O–H groups in total. The fraction of sp³-hybridized carbons (Fsp3) is 0.923. The van der Waals surface area contributed by atoms with Crippen LogP contribution in [0.2, 0.25) is 0 Å². The van der Waals surface area contributed by atoms with Gasteiger partial charge in [-0.2, -0.15) is 0 Å². The number of carbonyl (C=O) groups is 4. The van der Waals surface area contributed by atoms with Crippen LogP contribution in [0.4, 0.5) is 0 Å². The lowest BCUT2D eigenvalue weighted by molar-refractivity contribution is -0.276. The van der Waals surface area contributed by atoms with E-state index in [-0.39, 0.29) is 71.9 Å². The van der Waals surface area contributed by atoms with Crippen LogP contribution >= 0.6 is 0 Å². The van der Waals surface area contributed by atoms with Crippen LogP contribution in [-0.2, 0) is 72.5 Å². The minimum absolute atomic E-state index is 0.0193. The molecule has 0 aliphatic heterocycles. The number of amides is 2. The van der Waals surface area contributed by atoms with E-state index in [1.807, 2.05) is 11.8 Å². The Labute approximate surface area is 429 Å². The molecule has 2 unspecified atom stereocenters. The Balaban J connectivity index is 5.81. The highest BCUT2D eigenvalue weighted by Gasteiger charge is 2.24. The molecule has 0 saturated heterocycles. The van der Waals surface area contributed by atoms with Crippen molar-refractivity contribution in [3.05, 3.63) is 0 Å². The van der Waals surface area contributed by atoms with E-state index in [9.17, 15) is 19.2 Å². The maximum atomic E-state index is 13.1. The van der Waals surface area contributed by atoms with Gasteiger partial charge in [0.15, 0.2) is 13.2 Å². The number of hydrogen-bond donors (Lipinski definition) is 0. The highest BCUT2D eigenvalue weighted by molar-refractivity contribution is 5.83. The molecule has 0 aromatic carbocycles. The van der Waals surface area contributed by atoms with Crippen LogP contribution in [0.3, 0.4) is 0 Å². The number of unbranched alkanes of at least 4 members (excludes halogenated alkanes) is 22. The largest absolute Gasteiger partial charge is 0.463 e. The normalized spacial score (nSPS) is 12.4. The number of rotatable bonds is 54. The molecule has 0 fully saturated rings. The molecule has 0 saturated carbocycles. The van der Waals surface area contributed by atoms with Gasteiger partial charge in [-0.25, -0.2) is 39.1 Å². The predicted octanol–water partition coefficient (Wildman–Crippen LogP) is 8.76. The first-order valence-corrected chi connectivity index (χ1v) is 27.2. The average Bonchev–Trinajstić information content (AvgIpc) is 3.36. The lowest BCUT2D eigenvalue weighted by atomic mass is 10.0. The van der Waals surface area contributed by atoms with Gasteiger partial charge in [-0.05, 0) is 26.7 Å². The topological polar surface area (TPSA) is 183 Å². The van der Waals surface area contributed by atoms with E-state index < -0.39 is 43.2 Å². The van der Waals surface area contributed by atoms with Crippen LogP contribution in [0.5, 0.6) is 0 Å². The van der Waals surface area contributed by atoms with Crippen molar-refractivity contribution in [2.75, 3.05) is 120 Å². The van der Waals surface area contributed by atoms with E-state index in [4.69, 9.17) is 33.8 Å². The predicted molar refractivity (Wildman–Crippen MR) is 272 cm³/mol. The Morgan fingerprint density at radius 3 is 0.972 bits per heavy atom. The molecule has 0 heterocycles. The Hall–Kier alpha value is -2.56. The number of esters is 2. The molecule has 0 aliphatic rings. The van der Waals surface area contributed by atoms with Crippen molar-refractivity contribution in [2.24, 2.45) is 0 Å². The average molecular weight is 1020 g/mol. The second kappa shape index (κ2) is 50.9. The summed E-state index contributed by atoms with van der Waals surface area (Å²) in [6.07, 6.45) is 30.3. The Morgan fingerprint density at radius 1 is 0.366 bits per heavy atom. The summed E-state index contributed by atoms with van der Waals surface area (Å²) < 4.78 is 18.0. The maximum Gasteiger partial charge on any atom is 0.325 e. The van der Waals surface area contributed by atoms with Crippen LogP contribution in [0.25, 0.3) is 0 Å². The minimum atomic E-state index is -0.642. The molecular weight excluding hydrogens is 921 g/mol. The van der Waals surface area contributed by atoms with Gasteiger partial charge in [-0.15, -0.1) is 0 Å². The molecule has 0 radical (unpaired) electrons. The van der Waals surface area contributed by atoms with Gasteiger partial charge in [0.05, 0.1) is 41.7 Å². The Kier molecular flexibility index (Phi) is 49.1. The summed E-state index contributed by atoms with van der Waals surface area (Å²) in [5.41, 5.74) is 0. The van der Waals surface area contributed by atoms with Crippen molar-refractivity contribution >= 4 is 23.8 Å². The molecule has 2 atom stereocenters. The molecule has 19 nitrogen and oxygen atoms in total. The molecule has 0 bridgehead atoms. The zero-order valence-electron chi connectivity index (χ0n) is 45.9. The molecule has 19 heteroatoms. The summed E-state index contributed by atoms with van der Waals surface area (Å²) in [5, 5.41) is 0. The number of hydrogen-bond acceptors (Lipinski definition) is 17. The number of carbonyl (C=O) groups excluding carboxylic acids is 4. The van der Waals surface area contributed by atoms with Crippen LogP contribution in [0.1, 0.15) is 182 Å². The molecule has 0 rings (SSSR count). The number of ether oxygens (including phenoxy) is 3. The monoisotopic (exact) mass is 1020 g/mol. The van der Waals surface area contributed by atoms with Gasteiger partial charge in [0, 0.05) is 39.3 Å². The zero-order chi connectivity index (χ0) is 52.4. The molecule has 0 spiro atoms. The molecular formula is C52H102N4O15. The fourth-order valence-electron chi connectivity index (χ4n) is 8.12. The molecule has 0 aromatic heterocycles. The van der Waals surface area contributed by atoms with Crippen molar-refractivity contribution in [1.82, 2.24) is 19.6 Å². The molecule has 0 aromatic rings. The van der Waals surface area contributed by atoms with Crippen LogP contribution in [-0.4, -0.2) is 176 Å². The van der Waals surface area contributed by atoms with Gasteiger partial charge in [0.1, 0.15) is 38.8 Å². The van der Waals surface area contributed by atoms with Gasteiger partial charge >= 0.3 is 11.9 Å². The summed E-state index contributed by atoms with van der Waals surface area (Å²) in [4.78, 5) is 96.2. The van der Waals surface area contributed by atoms with Crippen LogP contribution < -0.4 is 0 Å². The summed E-state index contributed by atoms with van der Waals surface area (Å²) in [5.74, 6) is -2.29. The van der Waals surface area contributed by atoms with E-state index in [0.29, 0.717) is 0 Å². The standard InChI is InChI=1S/C52H102N4O15/c1-9-11-13-15-17-19-21-23-25-27-29-31-33-53(34-32-30-28-26-24-22-20-18-16-14-12-10-2)47(3)71-48(4)54(35-39-65-51(59)43-55(37-41-67-61-5)49(57)45-69-63-7)36-40-66-52(60)44-56(38-42-68-62-6)50(58)46-70-64-8/h47-48H,9-46H2,1-8H3. The van der Waals surface area contributed by atoms with Crippen molar-refractivity contribution in [2.45, 2.75) is 194 Å². The van der Waals surface area contributed by atoms with Crippen molar-refractivity contribution in [3.63, 3.8) is 0 Å². The summed E-state index contributed by atoms with van der Waals surface area (Å²) in [7, 11) is 5.26. The summed E-state index contributed by atoms with van der Waals surface area (Å²) >= 11 is 0. The third kappa shape index (κ3) is 41.5. The Bertz CT molecular complexity index is 1160. The summed E-state index contributed by atoms with van der Waals surface area (Å²) in [6.45, 7) is 9.42. The van der Waals surface area contributed by atoms with Gasteiger partial charge in [-0.1, -0.05) is 155 Å². The SMILES string of the molecule is CCCCCCCCCCCCCCN(CCCCCCCCCCCCCC)C(C)OC(C)N(CCOC(=O)CN(CCOOC)C(=O)COOC)CCOC(=O)CN(CCOOC)C(=O)COOC. The molecule has 420 valence electrons. The Morgan fingerprint density at radius 2 is 0.662 bits per heavy atom. The first-order valence-electron chi connectivity index (χ1n) is 27.2. The molecule has 0 aliphatic carbocycles. The van der Waals surface area contributed by atoms with E-state index in [2.05, 4.69) is 45.2 Å². The first-order chi connectivity index (χ1) is 34.6. The van der Waals surface area contributed by atoms with Crippen molar-refractivity contribution in [3.8, 4) is 0 Å². The smallest absolute Gasteiger partial charge is 0.325 e. The second-order valence-electron chi connectivity index (χ2n) is 18.1. The van der Waals surface area contributed by atoms with E-state index in [0.717, 1.165) is 25.9 Å².